The average molecular weight is 314 g/mol. The Balaban J connectivity index is 2.26. The van der Waals surface area contributed by atoms with Gasteiger partial charge in [0.15, 0.2) is 0 Å². The molecule has 2 rings (SSSR count). The maximum Gasteiger partial charge on any atom is 0.413 e. The van der Waals surface area contributed by atoms with E-state index in [1.165, 1.54) is 6.20 Å². The summed E-state index contributed by atoms with van der Waals surface area (Å²) in [5.41, 5.74) is -0.572. The Bertz CT molecular complexity index is 668. The summed E-state index contributed by atoms with van der Waals surface area (Å²) < 4.78 is 5.15. The Kier molecular flexibility index (Phi) is 4.01. The van der Waals surface area contributed by atoms with Crippen LogP contribution in [0.5, 0.6) is 0 Å². The predicted octanol–water partition coefficient (Wildman–Crippen LogP) is 4.28. The maximum absolute atomic E-state index is 11.7. The molecule has 0 unspecified atom stereocenters. The first-order valence-corrected chi connectivity index (χ1v) is 6.62. The number of amides is 1. The van der Waals surface area contributed by atoms with E-state index in [4.69, 9.17) is 27.9 Å². The van der Waals surface area contributed by atoms with E-state index in [-0.39, 0.29) is 10.3 Å². The normalized spacial score (nSPS) is 11.4. The molecule has 2 aromatic heterocycles. The predicted molar refractivity (Wildman–Crippen MR) is 79.4 cm³/mol. The highest BCUT2D eigenvalue weighted by Crippen LogP contribution is 2.25. The number of fused-ring (bicyclic) bond motifs is 1. The summed E-state index contributed by atoms with van der Waals surface area (Å²) >= 11 is 11.8. The third kappa shape index (κ3) is 3.71. The van der Waals surface area contributed by atoms with Gasteiger partial charge in [0.2, 0.25) is 0 Å². The molecule has 0 aliphatic carbocycles. The summed E-state index contributed by atoms with van der Waals surface area (Å²) in [4.78, 5) is 19.7. The van der Waals surface area contributed by atoms with Gasteiger partial charge in [-0.1, -0.05) is 23.2 Å². The fourth-order valence-corrected chi connectivity index (χ4v) is 2.05. The fourth-order valence-electron chi connectivity index (χ4n) is 1.55. The number of hydrogen-bond donors (Lipinski definition) is 1. The lowest BCUT2D eigenvalue weighted by molar-refractivity contribution is 0.0635. The highest BCUT2D eigenvalue weighted by Gasteiger charge is 2.16. The fraction of sp³-hybridized carbons (Fsp3) is 0.308. The number of pyridine rings is 2. The molecule has 0 atom stereocenters. The average Bonchev–Trinajstić information content (AvgIpc) is 2.24. The Labute approximate surface area is 126 Å². The molecule has 0 radical (unpaired) electrons. The third-order valence-corrected chi connectivity index (χ3v) is 2.75. The molecule has 106 valence electrons. The van der Waals surface area contributed by atoms with Crippen LogP contribution in [0.2, 0.25) is 10.3 Å². The number of anilines is 1. The van der Waals surface area contributed by atoms with Crippen LogP contribution in [-0.4, -0.2) is 21.7 Å². The number of carbonyl (C=O) groups is 1. The van der Waals surface area contributed by atoms with Gasteiger partial charge in [0.1, 0.15) is 21.7 Å². The maximum atomic E-state index is 11.7. The lowest BCUT2D eigenvalue weighted by atomic mass is 10.2. The molecular formula is C13H13Cl2N3O2. The van der Waals surface area contributed by atoms with Crippen molar-refractivity contribution in [2.75, 3.05) is 5.32 Å². The zero-order valence-corrected chi connectivity index (χ0v) is 12.7. The quantitative estimate of drug-likeness (QED) is 0.798. The molecule has 5 nitrogen and oxygen atoms in total. The van der Waals surface area contributed by atoms with Crippen LogP contribution in [-0.2, 0) is 4.74 Å². The van der Waals surface area contributed by atoms with Crippen LogP contribution in [0.3, 0.4) is 0 Å². The van der Waals surface area contributed by atoms with Crippen LogP contribution in [0.25, 0.3) is 10.8 Å². The molecule has 1 amide bonds. The molecular weight excluding hydrogens is 301 g/mol. The summed E-state index contributed by atoms with van der Waals surface area (Å²) in [5.74, 6) is 0.352. The van der Waals surface area contributed by atoms with E-state index in [0.717, 1.165) is 5.39 Å². The van der Waals surface area contributed by atoms with Gasteiger partial charge in [0.05, 0.1) is 0 Å². The van der Waals surface area contributed by atoms with Gasteiger partial charge in [-0.3, -0.25) is 5.32 Å². The van der Waals surface area contributed by atoms with E-state index in [0.29, 0.717) is 11.2 Å². The lowest BCUT2D eigenvalue weighted by Gasteiger charge is -2.19. The molecule has 0 aliphatic rings. The van der Waals surface area contributed by atoms with Crippen LogP contribution in [0.1, 0.15) is 20.8 Å². The second kappa shape index (κ2) is 5.42. The van der Waals surface area contributed by atoms with Crippen LogP contribution in [0.4, 0.5) is 10.6 Å². The second-order valence-electron chi connectivity index (χ2n) is 5.15. The highest BCUT2D eigenvalue weighted by molar-refractivity contribution is 6.36. The first-order valence-electron chi connectivity index (χ1n) is 5.86. The lowest BCUT2D eigenvalue weighted by Crippen LogP contribution is -2.27. The molecule has 0 aromatic carbocycles. The Morgan fingerprint density at radius 3 is 2.65 bits per heavy atom. The zero-order chi connectivity index (χ0) is 14.9. The molecule has 0 fully saturated rings. The Morgan fingerprint density at radius 1 is 1.30 bits per heavy atom. The van der Waals surface area contributed by atoms with Gasteiger partial charge >= 0.3 is 6.09 Å². The van der Waals surface area contributed by atoms with Crippen molar-refractivity contribution in [3.8, 4) is 0 Å². The van der Waals surface area contributed by atoms with Crippen molar-refractivity contribution in [3.63, 3.8) is 0 Å². The van der Waals surface area contributed by atoms with Gasteiger partial charge in [0.25, 0.3) is 0 Å². The largest absolute Gasteiger partial charge is 0.444 e. The first-order chi connectivity index (χ1) is 9.24. The van der Waals surface area contributed by atoms with Gasteiger partial charge in [-0.2, -0.15) is 0 Å². The minimum atomic E-state index is -0.574. The first kappa shape index (κ1) is 14.8. The van der Waals surface area contributed by atoms with Crippen molar-refractivity contribution in [1.29, 1.82) is 0 Å². The van der Waals surface area contributed by atoms with Gasteiger partial charge in [-0.05, 0) is 38.3 Å². The number of nitrogens with zero attached hydrogens (tertiary/aromatic N) is 2. The molecule has 7 heteroatoms. The summed E-state index contributed by atoms with van der Waals surface area (Å²) in [5, 5.41) is 4.48. The van der Waals surface area contributed by atoms with Crippen molar-refractivity contribution in [2.45, 2.75) is 26.4 Å². The molecule has 20 heavy (non-hydrogen) atoms. The molecule has 0 saturated heterocycles. The summed E-state index contributed by atoms with van der Waals surface area (Å²) in [6.45, 7) is 5.35. The molecule has 1 N–H and O–H groups in total. The van der Waals surface area contributed by atoms with E-state index in [2.05, 4.69) is 15.3 Å². The molecule has 2 heterocycles. The van der Waals surface area contributed by atoms with Crippen molar-refractivity contribution in [3.05, 3.63) is 28.6 Å². The molecule has 0 aliphatic heterocycles. The smallest absolute Gasteiger partial charge is 0.413 e. The number of rotatable bonds is 1. The SMILES string of the molecule is CC(C)(C)OC(=O)Nc1cc2cc(Cl)nc(Cl)c2cn1. The number of hydrogen-bond acceptors (Lipinski definition) is 4. The molecule has 0 saturated carbocycles. The van der Waals surface area contributed by atoms with Gasteiger partial charge < -0.3 is 4.74 Å². The number of halogens is 2. The van der Waals surface area contributed by atoms with E-state index in [9.17, 15) is 4.79 Å². The van der Waals surface area contributed by atoms with Gasteiger partial charge in [0, 0.05) is 11.6 Å². The minimum Gasteiger partial charge on any atom is -0.444 e. The summed E-state index contributed by atoms with van der Waals surface area (Å²) in [7, 11) is 0. The monoisotopic (exact) mass is 313 g/mol. The van der Waals surface area contributed by atoms with Gasteiger partial charge in [-0.15, -0.1) is 0 Å². The number of aromatic nitrogens is 2. The van der Waals surface area contributed by atoms with E-state index >= 15 is 0 Å². The van der Waals surface area contributed by atoms with Crippen LogP contribution >= 0.6 is 23.2 Å². The van der Waals surface area contributed by atoms with Gasteiger partial charge in [-0.25, -0.2) is 14.8 Å². The van der Waals surface area contributed by atoms with Crippen molar-refractivity contribution in [2.24, 2.45) is 0 Å². The summed E-state index contributed by atoms with van der Waals surface area (Å²) in [6, 6.07) is 3.30. The minimum absolute atomic E-state index is 0.267. The zero-order valence-electron chi connectivity index (χ0n) is 11.2. The highest BCUT2D eigenvalue weighted by atomic mass is 35.5. The van der Waals surface area contributed by atoms with Crippen molar-refractivity contribution in [1.82, 2.24) is 9.97 Å². The molecule has 2 aromatic rings. The van der Waals surface area contributed by atoms with E-state index in [1.54, 1.807) is 32.9 Å². The number of ether oxygens (including phenoxy) is 1. The third-order valence-electron chi connectivity index (χ3n) is 2.27. The van der Waals surface area contributed by atoms with E-state index < -0.39 is 11.7 Å². The Morgan fingerprint density at radius 2 is 2.00 bits per heavy atom. The molecule has 0 spiro atoms. The topological polar surface area (TPSA) is 64.1 Å². The standard InChI is InChI=1S/C13H13Cl2N3O2/c1-13(2,3)20-12(19)18-10-5-7-4-9(14)17-11(15)8(7)6-16-10/h4-6H,1-3H3,(H,16,18,19). The van der Waals surface area contributed by atoms with E-state index in [1.807, 2.05) is 0 Å². The van der Waals surface area contributed by atoms with Crippen LogP contribution in [0, 0.1) is 0 Å². The summed E-state index contributed by atoms with van der Waals surface area (Å²) in [6.07, 6.45) is 0.948. The number of carbonyl (C=O) groups excluding carboxylic acids is 1. The van der Waals surface area contributed by atoms with Crippen LogP contribution in [0.15, 0.2) is 18.3 Å². The van der Waals surface area contributed by atoms with Crippen LogP contribution < -0.4 is 5.32 Å². The molecule has 0 bridgehead atoms. The Hall–Kier alpha value is -1.59. The van der Waals surface area contributed by atoms with Crippen molar-refractivity contribution < 1.29 is 9.53 Å². The second-order valence-corrected chi connectivity index (χ2v) is 5.90. The van der Waals surface area contributed by atoms with Crippen molar-refractivity contribution >= 4 is 45.9 Å². The number of nitrogens with one attached hydrogen (secondary N) is 1.